The average molecular weight is 262 g/mol. The van der Waals surface area contributed by atoms with Gasteiger partial charge in [-0.05, 0) is 45.6 Å². The highest BCUT2D eigenvalue weighted by atomic mass is 79.9. The molecule has 0 aliphatic heterocycles. The van der Waals surface area contributed by atoms with E-state index in [1.165, 1.54) is 37.6 Å². The SMILES string of the molecule is CCC(C)(C)N(C)CC1(CBr)CCC1. The van der Waals surface area contributed by atoms with Crippen molar-refractivity contribution in [1.82, 2.24) is 4.90 Å². The third kappa shape index (κ3) is 2.52. The summed E-state index contributed by atoms with van der Waals surface area (Å²) in [6.07, 6.45) is 5.46. The number of nitrogens with zero attached hydrogens (tertiary/aromatic N) is 1. The van der Waals surface area contributed by atoms with Crippen molar-refractivity contribution in [3.8, 4) is 0 Å². The van der Waals surface area contributed by atoms with E-state index < -0.39 is 0 Å². The highest BCUT2D eigenvalue weighted by Crippen LogP contribution is 2.43. The van der Waals surface area contributed by atoms with Gasteiger partial charge in [-0.15, -0.1) is 0 Å². The molecule has 14 heavy (non-hydrogen) atoms. The van der Waals surface area contributed by atoms with Crippen molar-refractivity contribution in [1.29, 1.82) is 0 Å². The van der Waals surface area contributed by atoms with Crippen molar-refractivity contribution in [3.63, 3.8) is 0 Å². The Balaban J connectivity index is 2.50. The maximum absolute atomic E-state index is 3.67. The second-order valence-corrected chi connectivity index (χ2v) is 6.07. The normalized spacial score (nSPS) is 21.0. The van der Waals surface area contributed by atoms with Crippen molar-refractivity contribution in [2.24, 2.45) is 5.41 Å². The van der Waals surface area contributed by atoms with Gasteiger partial charge in [0, 0.05) is 17.4 Å². The average Bonchev–Trinajstić information content (AvgIpc) is 2.10. The Labute approximate surface area is 97.4 Å². The van der Waals surface area contributed by atoms with Gasteiger partial charge in [-0.25, -0.2) is 0 Å². The lowest BCUT2D eigenvalue weighted by molar-refractivity contribution is 0.0479. The van der Waals surface area contributed by atoms with Gasteiger partial charge in [0.15, 0.2) is 0 Å². The highest BCUT2D eigenvalue weighted by Gasteiger charge is 2.38. The molecule has 0 aromatic carbocycles. The molecule has 0 atom stereocenters. The summed E-state index contributed by atoms with van der Waals surface area (Å²) in [5.41, 5.74) is 0.936. The van der Waals surface area contributed by atoms with Crippen LogP contribution in [0.2, 0.25) is 0 Å². The summed E-state index contributed by atoms with van der Waals surface area (Å²) in [4.78, 5) is 2.54. The molecule has 0 spiro atoms. The van der Waals surface area contributed by atoms with E-state index >= 15 is 0 Å². The molecule has 0 saturated heterocycles. The van der Waals surface area contributed by atoms with Crippen LogP contribution in [0.5, 0.6) is 0 Å². The standard InChI is InChI=1S/C12H24BrN/c1-5-11(2,3)14(4)10-12(9-13)7-6-8-12/h5-10H2,1-4H3. The minimum absolute atomic E-state index is 0.352. The first kappa shape index (κ1) is 12.5. The Morgan fingerprint density at radius 3 is 2.21 bits per heavy atom. The predicted molar refractivity (Wildman–Crippen MR) is 67.1 cm³/mol. The fourth-order valence-corrected chi connectivity index (χ4v) is 2.74. The molecule has 1 saturated carbocycles. The topological polar surface area (TPSA) is 3.24 Å². The molecule has 2 heteroatoms. The summed E-state index contributed by atoms with van der Waals surface area (Å²) >= 11 is 3.67. The van der Waals surface area contributed by atoms with E-state index in [-0.39, 0.29) is 0 Å². The van der Waals surface area contributed by atoms with Crippen molar-refractivity contribution >= 4 is 15.9 Å². The minimum atomic E-state index is 0.352. The Hall–Kier alpha value is 0.440. The van der Waals surface area contributed by atoms with E-state index in [0.717, 1.165) is 0 Å². The molecule has 0 bridgehead atoms. The molecule has 0 N–H and O–H groups in total. The predicted octanol–water partition coefficient (Wildman–Crippen LogP) is 3.67. The van der Waals surface area contributed by atoms with Crippen molar-refractivity contribution < 1.29 is 0 Å². The van der Waals surface area contributed by atoms with Crippen LogP contribution < -0.4 is 0 Å². The first-order valence-corrected chi connectivity index (χ1v) is 6.85. The maximum atomic E-state index is 3.67. The van der Waals surface area contributed by atoms with Crippen LogP contribution in [-0.4, -0.2) is 29.4 Å². The third-order valence-electron chi connectivity index (χ3n) is 4.17. The molecule has 1 fully saturated rings. The van der Waals surface area contributed by atoms with Gasteiger partial charge in [0.2, 0.25) is 0 Å². The van der Waals surface area contributed by atoms with E-state index in [1.807, 2.05) is 0 Å². The van der Waals surface area contributed by atoms with Crippen LogP contribution in [0.3, 0.4) is 0 Å². The van der Waals surface area contributed by atoms with Gasteiger partial charge >= 0.3 is 0 Å². The van der Waals surface area contributed by atoms with Crippen LogP contribution >= 0.6 is 15.9 Å². The minimum Gasteiger partial charge on any atom is -0.301 e. The first-order chi connectivity index (χ1) is 6.46. The van der Waals surface area contributed by atoms with Gasteiger partial charge in [0.05, 0.1) is 0 Å². The highest BCUT2D eigenvalue weighted by molar-refractivity contribution is 9.09. The van der Waals surface area contributed by atoms with Gasteiger partial charge < -0.3 is 4.90 Å². The fraction of sp³-hybridized carbons (Fsp3) is 1.00. The zero-order valence-corrected chi connectivity index (χ0v) is 11.7. The number of alkyl halides is 1. The Morgan fingerprint density at radius 1 is 1.36 bits per heavy atom. The number of hydrogen-bond acceptors (Lipinski definition) is 1. The lowest BCUT2D eigenvalue weighted by atomic mass is 9.69. The Kier molecular flexibility index (Phi) is 4.04. The number of hydrogen-bond donors (Lipinski definition) is 0. The second-order valence-electron chi connectivity index (χ2n) is 5.51. The van der Waals surface area contributed by atoms with Gasteiger partial charge in [-0.3, -0.25) is 0 Å². The molecule has 0 aromatic heterocycles. The van der Waals surface area contributed by atoms with Crippen LogP contribution in [0.4, 0.5) is 0 Å². The zero-order valence-electron chi connectivity index (χ0n) is 10.1. The molecule has 1 aliphatic rings. The molecule has 1 nitrogen and oxygen atoms in total. The molecule has 0 aromatic rings. The first-order valence-electron chi connectivity index (χ1n) is 5.73. The van der Waals surface area contributed by atoms with E-state index in [9.17, 15) is 0 Å². The van der Waals surface area contributed by atoms with E-state index in [2.05, 4.69) is 48.6 Å². The van der Waals surface area contributed by atoms with Crippen LogP contribution in [0.1, 0.15) is 46.5 Å². The summed E-state index contributed by atoms with van der Waals surface area (Å²) in [5.74, 6) is 0. The fourth-order valence-electron chi connectivity index (χ4n) is 2.00. The van der Waals surface area contributed by atoms with Crippen molar-refractivity contribution in [2.75, 3.05) is 18.9 Å². The molecule has 0 heterocycles. The molecular weight excluding hydrogens is 238 g/mol. The number of rotatable bonds is 5. The lowest BCUT2D eigenvalue weighted by Gasteiger charge is -2.47. The maximum Gasteiger partial charge on any atom is 0.0147 e. The quantitative estimate of drug-likeness (QED) is 0.683. The van der Waals surface area contributed by atoms with E-state index in [4.69, 9.17) is 0 Å². The monoisotopic (exact) mass is 261 g/mol. The summed E-state index contributed by atoms with van der Waals surface area (Å²) in [6, 6.07) is 0. The molecule has 1 rings (SSSR count). The van der Waals surface area contributed by atoms with E-state index in [1.54, 1.807) is 0 Å². The number of halogens is 1. The Morgan fingerprint density at radius 2 is 1.93 bits per heavy atom. The summed E-state index contributed by atoms with van der Waals surface area (Å²) in [5, 5.41) is 1.17. The summed E-state index contributed by atoms with van der Waals surface area (Å²) < 4.78 is 0. The molecule has 84 valence electrons. The van der Waals surface area contributed by atoms with Crippen LogP contribution in [0, 0.1) is 5.41 Å². The molecular formula is C12H24BrN. The van der Waals surface area contributed by atoms with Gasteiger partial charge in [-0.1, -0.05) is 29.3 Å². The largest absolute Gasteiger partial charge is 0.301 e. The zero-order chi connectivity index (χ0) is 10.8. The molecule has 0 amide bonds. The van der Waals surface area contributed by atoms with Crippen molar-refractivity contribution in [2.45, 2.75) is 52.0 Å². The van der Waals surface area contributed by atoms with Crippen molar-refractivity contribution in [3.05, 3.63) is 0 Å². The van der Waals surface area contributed by atoms with Crippen LogP contribution in [0.15, 0.2) is 0 Å². The molecule has 0 radical (unpaired) electrons. The van der Waals surface area contributed by atoms with Gasteiger partial charge in [0.25, 0.3) is 0 Å². The second kappa shape index (κ2) is 4.52. The summed E-state index contributed by atoms with van der Waals surface area (Å²) in [6.45, 7) is 8.21. The Bertz CT molecular complexity index is 179. The van der Waals surface area contributed by atoms with E-state index in [0.29, 0.717) is 11.0 Å². The van der Waals surface area contributed by atoms with Crippen LogP contribution in [-0.2, 0) is 0 Å². The summed E-state index contributed by atoms with van der Waals surface area (Å²) in [7, 11) is 2.27. The van der Waals surface area contributed by atoms with Gasteiger partial charge in [-0.2, -0.15) is 0 Å². The molecule has 0 unspecified atom stereocenters. The molecule has 1 aliphatic carbocycles. The smallest absolute Gasteiger partial charge is 0.0147 e. The van der Waals surface area contributed by atoms with Gasteiger partial charge in [0.1, 0.15) is 0 Å². The lowest BCUT2D eigenvalue weighted by Crippen LogP contribution is -2.49. The third-order valence-corrected chi connectivity index (χ3v) is 5.36. The van der Waals surface area contributed by atoms with Crippen LogP contribution in [0.25, 0.3) is 0 Å².